The van der Waals surface area contributed by atoms with Crippen molar-refractivity contribution >= 4 is 17.2 Å². The highest BCUT2D eigenvalue weighted by Crippen LogP contribution is 2.42. The summed E-state index contributed by atoms with van der Waals surface area (Å²) in [5.74, 6) is -1.07. The van der Waals surface area contributed by atoms with Crippen molar-refractivity contribution in [2.24, 2.45) is 5.92 Å². The number of fused-ring (bicyclic) bond motifs is 1. The lowest BCUT2D eigenvalue weighted by Gasteiger charge is -2.33. The molecule has 9 heteroatoms. The molecule has 0 bridgehead atoms. The van der Waals surface area contributed by atoms with E-state index in [1.807, 2.05) is 11.8 Å². The van der Waals surface area contributed by atoms with Gasteiger partial charge in [0, 0.05) is 17.3 Å². The maximum absolute atomic E-state index is 12.6. The zero-order valence-corrected chi connectivity index (χ0v) is 13.6. The number of carbonyl (C=O) groups is 1. The zero-order chi connectivity index (χ0) is 17.1. The predicted octanol–water partition coefficient (Wildman–Crippen LogP) is 3.67. The largest absolute Gasteiger partial charge is 0.471 e. The van der Waals surface area contributed by atoms with Gasteiger partial charge in [0.05, 0.1) is 10.9 Å². The molecule has 24 heavy (non-hydrogen) atoms. The zero-order valence-electron chi connectivity index (χ0n) is 12.8. The van der Waals surface area contributed by atoms with Crippen LogP contribution >= 0.6 is 11.3 Å². The number of carbonyl (C=O) groups excluding carboxylic acids is 1. The molecule has 2 aromatic heterocycles. The Kier molecular flexibility index (Phi) is 3.45. The van der Waals surface area contributed by atoms with Crippen LogP contribution in [-0.2, 0) is 17.4 Å². The van der Waals surface area contributed by atoms with E-state index in [-0.39, 0.29) is 23.7 Å². The summed E-state index contributed by atoms with van der Waals surface area (Å²) in [6.45, 7) is 2.59. The van der Waals surface area contributed by atoms with E-state index in [2.05, 4.69) is 14.7 Å². The van der Waals surface area contributed by atoms with Crippen LogP contribution in [0.3, 0.4) is 0 Å². The number of hydrogen-bond acceptors (Lipinski definition) is 5. The first-order valence-corrected chi connectivity index (χ1v) is 8.50. The molecule has 0 aromatic carbocycles. The minimum Gasteiger partial charge on any atom is -0.335 e. The average Bonchev–Trinajstić information content (AvgIpc) is 3.07. The number of halogens is 3. The standard InChI is InChI=1S/C15H14F3N3O2S/c1-7-11-9(4-5-21(7)13(22)8-2-3-8)6-10(24-11)12-19-14(23-20-12)15(16,17)18/h6-8H,2-5H2,1H3. The Hall–Kier alpha value is -1.90. The molecular weight excluding hydrogens is 343 g/mol. The van der Waals surface area contributed by atoms with Crippen LogP contribution in [0.15, 0.2) is 10.6 Å². The van der Waals surface area contributed by atoms with Gasteiger partial charge in [-0.05, 0) is 37.8 Å². The summed E-state index contributed by atoms with van der Waals surface area (Å²) >= 11 is 1.33. The number of alkyl halides is 3. The molecule has 3 heterocycles. The summed E-state index contributed by atoms with van der Waals surface area (Å²) < 4.78 is 42.1. The SMILES string of the molecule is CC1c2sc(-c3noc(C(F)(F)F)n3)cc2CCN1C(=O)C1CC1. The Morgan fingerprint density at radius 2 is 2.17 bits per heavy atom. The first-order valence-electron chi connectivity index (χ1n) is 7.69. The van der Waals surface area contributed by atoms with Crippen LogP contribution in [0, 0.1) is 5.92 Å². The summed E-state index contributed by atoms with van der Waals surface area (Å²) in [5, 5.41) is 3.44. The Balaban J connectivity index is 1.62. The second kappa shape index (κ2) is 5.30. The molecule has 1 amide bonds. The summed E-state index contributed by atoms with van der Waals surface area (Å²) in [6, 6.07) is 1.73. The molecule has 1 saturated carbocycles. The van der Waals surface area contributed by atoms with Crippen LogP contribution in [0.25, 0.3) is 10.7 Å². The average molecular weight is 357 g/mol. The van der Waals surface area contributed by atoms with Gasteiger partial charge < -0.3 is 9.42 Å². The van der Waals surface area contributed by atoms with Crippen molar-refractivity contribution in [3.05, 3.63) is 22.4 Å². The third kappa shape index (κ3) is 2.60. The highest BCUT2D eigenvalue weighted by atomic mass is 32.1. The van der Waals surface area contributed by atoms with Crippen LogP contribution in [-0.4, -0.2) is 27.5 Å². The van der Waals surface area contributed by atoms with Crippen molar-refractivity contribution < 1.29 is 22.5 Å². The molecule has 1 aliphatic heterocycles. The van der Waals surface area contributed by atoms with E-state index in [9.17, 15) is 18.0 Å². The number of thiophene rings is 1. The number of nitrogens with zero attached hydrogens (tertiary/aromatic N) is 3. The number of amides is 1. The fourth-order valence-corrected chi connectivity index (χ4v) is 4.18. The molecule has 1 unspecified atom stereocenters. The monoisotopic (exact) mass is 357 g/mol. The minimum atomic E-state index is -4.65. The first-order chi connectivity index (χ1) is 11.3. The Morgan fingerprint density at radius 3 is 2.79 bits per heavy atom. The highest BCUT2D eigenvalue weighted by molar-refractivity contribution is 7.15. The van der Waals surface area contributed by atoms with Gasteiger partial charge in [-0.3, -0.25) is 4.79 Å². The Labute approximate surface area is 139 Å². The first kappa shape index (κ1) is 15.6. The molecule has 1 fully saturated rings. The van der Waals surface area contributed by atoms with Crippen molar-refractivity contribution in [3.63, 3.8) is 0 Å². The van der Waals surface area contributed by atoms with Crippen molar-refractivity contribution in [3.8, 4) is 10.7 Å². The van der Waals surface area contributed by atoms with Crippen LogP contribution < -0.4 is 0 Å². The van der Waals surface area contributed by atoms with Gasteiger partial charge in [0.15, 0.2) is 0 Å². The topological polar surface area (TPSA) is 59.2 Å². The van der Waals surface area contributed by atoms with E-state index in [1.54, 1.807) is 6.07 Å². The molecule has 0 N–H and O–H groups in total. The molecule has 0 saturated heterocycles. The van der Waals surface area contributed by atoms with E-state index in [1.165, 1.54) is 11.3 Å². The highest BCUT2D eigenvalue weighted by Gasteiger charge is 2.40. The summed E-state index contributed by atoms with van der Waals surface area (Å²) in [7, 11) is 0. The number of aromatic nitrogens is 2. The molecule has 1 aliphatic carbocycles. The van der Waals surface area contributed by atoms with Crippen molar-refractivity contribution in [1.82, 2.24) is 15.0 Å². The van der Waals surface area contributed by atoms with Crippen LogP contribution in [0.1, 0.15) is 42.1 Å². The molecule has 5 nitrogen and oxygen atoms in total. The number of rotatable bonds is 2. The summed E-state index contributed by atoms with van der Waals surface area (Å²) in [6.07, 6.45) is -2.05. The normalized spacial score (nSPS) is 21.0. The minimum absolute atomic E-state index is 0.0611. The van der Waals surface area contributed by atoms with Crippen molar-refractivity contribution in [1.29, 1.82) is 0 Å². The van der Waals surface area contributed by atoms with Gasteiger partial charge in [-0.15, -0.1) is 11.3 Å². The number of hydrogen-bond donors (Lipinski definition) is 0. The molecule has 0 spiro atoms. The third-order valence-corrected chi connectivity index (χ3v) is 5.75. The molecule has 2 aromatic rings. The van der Waals surface area contributed by atoms with Gasteiger partial charge in [-0.1, -0.05) is 5.16 Å². The van der Waals surface area contributed by atoms with Gasteiger partial charge in [0.1, 0.15) is 0 Å². The van der Waals surface area contributed by atoms with Gasteiger partial charge >= 0.3 is 12.1 Å². The Bertz CT molecular complexity index is 794. The maximum Gasteiger partial charge on any atom is 0.471 e. The molecule has 2 aliphatic rings. The smallest absolute Gasteiger partial charge is 0.335 e. The molecule has 0 radical (unpaired) electrons. The van der Waals surface area contributed by atoms with Crippen LogP contribution in [0.4, 0.5) is 13.2 Å². The summed E-state index contributed by atoms with van der Waals surface area (Å²) in [5.41, 5.74) is 1.04. The van der Waals surface area contributed by atoms with Crippen molar-refractivity contribution in [2.75, 3.05) is 6.54 Å². The van der Waals surface area contributed by atoms with Crippen molar-refractivity contribution in [2.45, 2.75) is 38.4 Å². The van der Waals surface area contributed by atoms with Gasteiger partial charge in [-0.25, -0.2) is 0 Å². The lowest BCUT2D eigenvalue weighted by Crippen LogP contribution is -2.39. The maximum atomic E-state index is 12.6. The third-order valence-electron chi connectivity index (χ3n) is 4.41. The second-order valence-corrected chi connectivity index (χ2v) is 7.24. The van der Waals surface area contributed by atoms with Gasteiger partial charge in [0.25, 0.3) is 0 Å². The predicted molar refractivity (Wildman–Crippen MR) is 79.2 cm³/mol. The van der Waals surface area contributed by atoms with Gasteiger partial charge in [-0.2, -0.15) is 18.2 Å². The fourth-order valence-electron chi connectivity index (χ4n) is 2.98. The van der Waals surface area contributed by atoms with E-state index in [4.69, 9.17) is 0 Å². The molecular formula is C15H14F3N3O2S. The fraction of sp³-hybridized carbons (Fsp3) is 0.533. The van der Waals surface area contributed by atoms with E-state index in [0.29, 0.717) is 17.8 Å². The Morgan fingerprint density at radius 1 is 1.42 bits per heavy atom. The molecule has 1 atom stereocenters. The quantitative estimate of drug-likeness (QED) is 0.823. The lowest BCUT2D eigenvalue weighted by atomic mass is 10.0. The van der Waals surface area contributed by atoms with E-state index < -0.39 is 12.1 Å². The summed E-state index contributed by atoms with van der Waals surface area (Å²) in [4.78, 5) is 19.2. The van der Waals surface area contributed by atoms with Gasteiger partial charge in [0.2, 0.25) is 11.7 Å². The van der Waals surface area contributed by atoms with E-state index >= 15 is 0 Å². The van der Waals surface area contributed by atoms with Crippen LogP contribution in [0.5, 0.6) is 0 Å². The second-order valence-electron chi connectivity index (χ2n) is 6.15. The molecule has 128 valence electrons. The molecule has 4 rings (SSSR count). The van der Waals surface area contributed by atoms with Crippen LogP contribution in [0.2, 0.25) is 0 Å². The lowest BCUT2D eigenvalue weighted by molar-refractivity contribution is -0.159. The van der Waals surface area contributed by atoms with E-state index in [0.717, 1.165) is 23.3 Å².